The van der Waals surface area contributed by atoms with E-state index in [0.29, 0.717) is 22.7 Å². The second-order valence-corrected chi connectivity index (χ2v) is 6.35. The van der Waals surface area contributed by atoms with Gasteiger partial charge >= 0.3 is 0 Å². The van der Waals surface area contributed by atoms with Crippen molar-refractivity contribution in [3.8, 4) is 11.5 Å². The highest BCUT2D eigenvalue weighted by Gasteiger charge is 2.41. The van der Waals surface area contributed by atoms with E-state index in [1.165, 1.54) is 12.0 Å². The van der Waals surface area contributed by atoms with Crippen LogP contribution in [0.25, 0.3) is 5.57 Å². The number of hydrogen-bond donors (Lipinski definition) is 1. The molecule has 0 spiro atoms. The molecular weight excluding hydrogens is 344 g/mol. The summed E-state index contributed by atoms with van der Waals surface area (Å²) in [5, 5.41) is 3.11. The van der Waals surface area contributed by atoms with E-state index in [-0.39, 0.29) is 29.1 Å². The van der Waals surface area contributed by atoms with Crippen LogP contribution in [0.3, 0.4) is 0 Å². The van der Waals surface area contributed by atoms with Gasteiger partial charge in [0, 0.05) is 11.6 Å². The zero-order chi connectivity index (χ0) is 19.6. The van der Waals surface area contributed by atoms with Gasteiger partial charge in [0.15, 0.2) is 0 Å². The van der Waals surface area contributed by atoms with Gasteiger partial charge in [0.2, 0.25) is 0 Å². The minimum atomic E-state index is -0.373. The molecule has 0 unspecified atom stereocenters. The Morgan fingerprint density at radius 3 is 2.07 bits per heavy atom. The first-order valence-corrected chi connectivity index (χ1v) is 8.65. The average Bonchev–Trinajstić information content (AvgIpc) is 2.92. The Balaban J connectivity index is 2.18. The van der Waals surface area contributed by atoms with Crippen molar-refractivity contribution in [3.05, 3.63) is 59.8 Å². The summed E-state index contributed by atoms with van der Waals surface area (Å²) in [6.07, 6.45) is 0. The molecule has 6 heteroatoms. The van der Waals surface area contributed by atoms with Gasteiger partial charge in [0.05, 0.1) is 25.5 Å². The van der Waals surface area contributed by atoms with Crippen LogP contribution in [0.2, 0.25) is 0 Å². The van der Waals surface area contributed by atoms with Gasteiger partial charge in [-0.3, -0.25) is 14.5 Å². The van der Waals surface area contributed by atoms with E-state index in [1.54, 1.807) is 37.4 Å². The van der Waals surface area contributed by atoms with Gasteiger partial charge < -0.3 is 14.8 Å². The molecule has 140 valence electrons. The van der Waals surface area contributed by atoms with Crippen molar-refractivity contribution >= 4 is 23.1 Å². The Bertz CT molecular complexity index is 918. The number of rotatable bonds is 6. The molecule has 0 atom stereocenters. The zero-order valence-corrected chi connectivity index (χ0v) is 15.8. The van der Waals surface area contributed by atoms with E-state index in [9.17, 15) is 9.59 Å². The van der Waals surface area contributed by atoms with Crippen molar-refractivity contribution in [1.82, 2.24) is 4.90 Å². The van der Waals surface area contributed by atoms with Crippen LogP contribution in [0.1, 0.15) is 19.4 Å². The fraction of sp³-hybridized carbons (Fsp3) is 0.238. The van der Waals surface area contributed by atoms with E-state index in [4.69, 9.17) is 9.47 Å². The molecule has 2 aromatic carbocycles. The van der Waals surface area contributed by atoms with Crippen LogP contribution >= 0.6 is 0 Å². The summed E-state index contributed by atoms with van der Waals surface area (Å²) in [5.74, 6) is 0.380. The number of nitrogens with zero attached hydrogens (tertiary/aromatic N) is 1. The number of hydrogen-bond acceptors (Lipinski definition) is 5. The molecule has 0 aromatic heterocycles. The summed E-state index contributed by atoms with van der Waals surface area (Å²) in [6, 6.07) is 14.1. The third-order valence-corrected chi connectivity index (χ3v) is 4.37. The lowest BCUT2D eigenvalue weighted by atomic mass is 10.0. The molecule has 1 heterocycles. The standard InChI is InChI=1S/C21H22N2O4/c1-13(2)23-20(24)18(14-9-5-7-11-16(14)26-3)19(21(23)25)22-15-10-6-8-12-17(15)27-4/h5-13,22H,1-4H3. The van der Waals surface area contributed by atoms with Crippen molar-refractivity contribution in [2.24, 2.45) is 0 Å². The van der Waals surface area contributed by atoms with Crippen molar-refractivity contribution in [3.63, 3.8) is 0 Å². The first-order chi connectivity index (χ1) is 13.0. The highest BCUT2D eigenvalue weighted by molar-refractivity contribution is 6.37. The molecule has 2 amide bonds. The van der Waals surface area contributed by atoms with E-state index in [0.717, 1.165) is 0 Å². The largest absolute Gasteiger partial charge is 0.496 e. The third kappa shape index (κ3) is 3.26. The summed E-state index contributed by atoms with van der Waals surface area (Å²) in [6.45, 7) is 3.61. The minimum Gasteiger partial charge on any atom is -0.496 e. The number of ether oxygens (including phenoxy) is 2. The fourth-order valence-corrected chi connectivity index (χ4v) is 3.12. The number of para-hydroxylation sites is 3. The van der Waals surface area contributed by atoms with Crippen molar-refractivity contribution in [1.29, 1.82) is 0 Å². The zero-order valence-electron chi connectivity index (χ0n) is 15.8. The first kappa shape index (κ1) is 18.5. The SMILES string of the molecule is COc1ccccc1NC1=C(c2ccccc2OC)C(=O)N(C(C)C)C1=O. The predicted octanol–water partition coefficient (Wildman–Crippen LogP) is 3.30. The van der Waals surface area contributed by atoms with Crippen molar-refractivity contribution < 1.29 is 19.1 Å². The van der Waals surface area contributed by atoms with E-state index >= 15 is 0 Å². The number of nitrogens with one attached hydrogen (secondary N) is 1. The summed E-state index contributed by atoms with van der Waals surface area (Å²) in [4.78, 5) is 27.4. The molecule has 2 aromatic rings. The van der Waals surface area contributed by atoms with E-state index < -0.39 is 0 Å². The summed E-state index contributed by atoms with van der Waals surface area (Å²) >= 11 is 0. The lowest BCUT2D eigenvalue weighted by Crippen LogP contribution is -2.38. The Kier molecular flexibility index (Phi) is 5.16. The van der Waals surface area contributed by atoms with Crippen LogP contribution in [0.15, 0.2) is 54.2 Å². The normalized spacial score (nSPS) is 14.2. The minimum absolute atomic E-state index is 0.211. The number of imide groups is 1. The van der Waals surface area contributed by atoms with Gasteiger partial charge in [-0.2, -0.15) is 0 Å². The third-order valence-electron chi connectivity index (χ3n) is 4.37. The number of carbonyl (C=O) groups is 2. The fourth-order valence-electron chi connectivity index (χ4n) is 3.12. The topological polar surface area (TPSA) is 67.9 Å². The Morgan fingerprint density at radius 2 is 1.44 bits per heavy atom. The maximum absolute atomic E-state index is 13.1. The second kappa shape index (κ2) is 7.53. The Hall–Kier alpha value is -3.28. The Morgan fingerprint density at radius 1 is 0.852 bits per heavy atom. The highest BCUT2D eigenvalue weighted by Crippen LogP contribution is 2.37. The van der Waals surface area contributed by atoms with Crippen LogP contribution in [-0.4, -0.2) is 37.0 Å². The van der Waals surface area contributed by atoms with Gasteiger partial charge in [0.25, 0.3) is 11.8 Å². The quantitative estimate of drug-likeness (QED) is 0.795. The van der Waals surface area contributed by atoms with Gasteiger partial charge in [-0.05, 0) is 32.0 Å². The highest BCUT2D eigenvalue weighted by atomic mass is 16.5. The smallest absolute Gasteiger partial charge is 0.278 e. The van der Waals surface area contributed by atoms with Crippen LogP contribution < -0.4 is 14.8 Å². The van der Waals surface area contributed by atoms with Gasteiger partial charge in [-0.1, -0.05) is 30.3 Å². The van der Waals surface area contributed by atoms with Gasteiger partial charge in [0.1, 0.15) is 17.2 Å². The van der Waals surface area contributed by atoms with Gasteiger partial charge in [-0.15, -0.1) is 0 Å². The molecule has 1 aliphatic heterocycles. The van der Waals surface area contributed by atoms with E-state index in [1.807, 2.05) is 32.0 Å². The van der Waals surface area contributed by atoms with Crippen LogP contribution in [0.4, 0.5) is 5.69 Å². The Labute approximate surface area is 158 Å². The molecule has 0 saturated heterocycles. The number of anilines is 1. The number of benzene rings is 2. The molecule has 6 nitrogen and oxygen atoms in total. The number of methoxy groups -OCH3 is 2. The molecule has 0 fully saturated rings. The van der Waals surface area contributed by atoms with Crippen molar-refractivity contribution in [2.75, 3.05) is 19.5 Å². The first-order valence-electron chi connectivity index (χ1n) is 8.65. The van der Waals surface area contributed by atoms with Crippen LogP contribution in [0, 0.1) is 0 Å². The monoisotopic (exact) mass is 366 g/mol. The molecule has 0 bridgehead atoms. The predicted molar refractivity (Wildman–Crippen MR) is 104 cm³/mol. The number of amides is 2. The average molecular weight is 366 g/mol. The van der Waals surface area contributed by atoms with Crippen molar-refractivity contribution in [2.45, 2.75) is 19.9 Å². The molecule has 1 aliphatic rings. The molecule has 3 rings (SSSR count). The van der Waals surface area contributed by atoms with Crippen LogP contribution in [-0.2, 0) is 9.59 Å². The summed E-state index contributed by atoms with van der Waals surface area (Å²) in [5.41, 5.74) is 1.67. The van der Waals surface area contributed by atoms with E-state index in [2.05, 4.69) is 5.32 Å². The lowest BCUT2D eigenvalue weighted by Gasteiger charge is -2.19. The molecule has 0 radical (unpaired) electrons. The molecule has 1 N–H and O–H groups in total. The molecule has 27 heavy (non-hydrogen) atoms. The molecule has 0 saturated carbocycles. The maximum atomic E-state index is 13.1. The number of carbonyl (C=O) groups excluding carboxylic acids is 2. The summed E-state index contributed by atoms with van der Waals surface area (Å²) < 4.78 is 10.8. The maximum Gasteiger partial charge on any atom is 0.278 e. The molecule has 0 aliphatic carbocycles. The second-order valence-electron chi connectivity index (χ2n) is 6.35. The lowest BCUT2D eigenvalue weighted by molar-refractivity contribution is -0.138. The van der Waals surface area contributed by atoms with Gasteiger partial charge in [-0.25, -0.2) is 0 Å². The summed E-state index contributed by atoms with van der Waals surface area (Å²) in [7, 11) is 3.09. The molecular formula is C21H22N2O4. The van der Waals surface area contributed by atoms with Crippen LogP contribution in [0.5, 0.6) is 11.5 Å².